The summed E-state index contributed by atoms with van der Waals surface area (Å²) < 4.78 is 15.4. The van der Waals surface area contributed by atoms with E-state index < -0.39 is 5.67 Å². The minimum Gasteiger partial charge on any atom is -0.371 e. The molecule has 3 fully saturated rings. The highest BCUT2D eigenvalue weighted by Crippen LogP contribution is 2.33. The van der Waals surface area contributed by atoms with Crippen LogP contribution in [0.5, 0.6) is 0 Å². The lowest BCUT2D eigenvalue weighted by molar-refractivity contribution is -0.134. The number of imide groups is 1. The Balaban J connectivity index is 1.30. The molecule has 0 bridgehead atoms. The molecule has 30 heavy (non-hydrogen) atoms. The Hall–Kier alpha value is -1.99. The van der Waals surface area contributed by atoms with E-state index in [-0.39, 0.29) is 23.3 Å². The molecule has 2 amide bonds. The second-order valence-corrected chi connectivity index (χ2v) is 9.66. The molecule has 1 aromatic carbocycles. The monoisotopic (exact) mass is 416 g/mol. The molecule has 4 rings (SSSR count). The van der Waals surface area contributed by atoms with Gasteiger partial charge in [0.05, 0.1) is 5.92 Å². The number of hydrogen-bond acceptors (Lipinski definition) is 5. The van der Waals surface area contributed by atoms with Crippen molar-refractivity contribution in [3.8, 4) is 0 Å². The summed E-state index contributed by atoms with van der Waals surface area (Å²) in [5.74, 6) is -0.680. The molecule has 1 atom stereocenters. The SMILES string of the molecule is CC1(N)CCN(CC2(F)CCN(c3ccc(C4CCC(=O)NC4=O)cc3)CC2)CC1. The Morgan fingerprint density at radius 3 is 2.30 bits per heavy atom. The van der Waals surface area contributed by atoms with Crippen molar-refractivity contribution >= 4 is 17.5 Å². The van der Waals surface area contributed by atoms with Gasteiger partial charge in [0.2, 0.25) is 11.8 Å². The Bertz CT molecular complexity index is 777. The lowest BCUT2D eigenvalue weighted by Gasteiger charge is -2.43. The van der Waals surface area contributed by atoms with Crippen molar-refractivity contribution in [1.29, 1.82) is 0 Å². The zero-order valence-electron chi connectivity index (χ0n) is 17.8. The van der Waals surface area contributed by atoms with Gasteiger partial charge in [0.15, 0.2) is 0 Å². The highest BCUT2D eigenvalue weighted by atomic mass is 19.1. The zero-order chi connectivity index (χ0) is 21.4. The summed E-state index contributed by atoms with van der Waals surface area (Å²) in [7, 11) is 0. The van der Waals surface area contributed by atoms with Crippen LogP contribution in [0.1, 0.15) is 56.9 Å². The van der Waals surface area contributed by atoms with Crippen molar-refractivity contribution in [1.82, 2.24) is 10.2 Å². The third-order valence-corrected chi connectivity index (χ3v) is 7.06. The summed E-state index contributed by atoms with van der Waals surface area (Å²) >= 11 is 0. The van der Waals surface area contributed by atoms with Crippen LogP contribution < -0.4 is 16.0 Å². The normalized spacial score (nSPS) is 27.0. The number of amides is 2. The fourth-order valence-electron chi connectivity index (χ4n) is 4.88. The lowest BCUT2D eigenvalue weighted by atomic mass is 9.88. The van der Waals surface area contributed by atoms with Gasteiger partial charge in [0.1, 0.15) is 5.67 Å². The predicted octanol–water partition coefficient (Wildman–Crippen LogP) is 2.33. The Kier molecular flexibility index (Phi) is 5.86. The summed E-state index contributed by atoms with van der Waals surface area (Å²) in [4.78, 5) is 27.9. The van der Waals surface area contributed by atoms with Crippen LogP contribution in [0.15, 0.2) is 24.3 Å². The fourth-order valence-corrected chi connectivity index (χ4v) is 4.88. The Morgan fingerprint density at radius 1 is 1.07 bits per heavy atom. The molecule has 3 heterocycles. The standard InChI is InChI=1S/C23H33FN4O2/c1-22(25)8-12-27(13-9-22)16-23(24)10-14-28(15-11-23)18-4-2-17(3-5-18)19-6-7-20(29)26-21(19)30/h2-5,19H,6-16,25H2,1H3,(H,26,29,30). The number of nitrogens with zero attached hydrogens (tertiary/aromatic N) is 2. The number of halogens is 1. The molecular formula is C23H33FN4O2. The first-order valence-electron chi connectivity index (χ1n) is 11.1. The molecule has 6 nitrogen and oxygen atoms in total. The molecule has 0 spiro atoms. The molecule has 0 radical (unpaired) electrons. The van der Waals surface area contributed by atoms with Crippen LogP contribution in [0.2, 0.25) is 0 Å². The lowest BCUT2D eigenvalue weighted by Crippen LogP contribution is -2.53. The third kappa shape index (κ3) is 4.83. The number of benzene rings is 1. The number of nitrogens with one attached hydrogen (secondary N) is 1. The molecule has 3 aliphatic rings. The van der Waals surface area contributed by atoms with Gasteiger partial charge in [-0.2, -0.15) is 0 Å². The maximum absolute atomic E-state index is 15.4. The van der Waals surface area contributed by atoms with Crippen molar-refractivity contribution in [3.63, 3.8) is 0 Å². The molecule has 3 saturated heterocycles. The smallest absolute Gasteiger partial charge is 0.234 e. The largest absolute Gasteiger partial charge is 0.371 e. The topological polar surface area (TPSA) is 78.7 Å². The van der Waals surface area contributed by atoms with Crippen molar-refractivity contribution in [2.24, 2.45) is 5.73 Å². The van der Waals surface area contributed by atoms with Gasteiger partial charge in [0.25, 0.3) is 0 Å². The van der Waals surface area contributed by atoms with Crippen LogP contribution in [0, 0.1) is 0 Å². The number of likely N-dealkylation sites (tertiary alicyclic amines) is 1. The number of piperidine rings is 3. The van der Waals surface area contributed by atoms with E-state index in [4.69, 9.17) is 5.73 Å². The summed E-state index contributed by atoms with van der Waals surface area (Å²) in [6, 6.07) is 7.95. The summed E-state index contributed by atoms with van der Waals surface area (Å²) in [6.07, 6.45) is 3.84. The average molecular weight is 417 g/mol. The first-order valence-corrected chi connectivity index (χ1v) is 11.1. The van der Waals surface area contributed by atoms with Crippen LogP contribution in [0.25, 0.3) is 0 Å². The van der Waals surface area contributed by atoms with E-state index in [1.165, 1.54) is 0 Å². The summed E-state index contributed by atoms with van der Waals surface area (Å²) in [6.45, 7) is 5.73. The van der Waals surface area contributed by atoms with Gasteiger partial charge in [-0.25, -0.2) is 4.39 Å². The first-order chi connectivity index (χ1) is 14.2. The third-order valence-electron chi connectivity index (χ3n) is 7.06. The maximum atomic E-state index is 15.4. The van der Waals surface area contributed by atoms with Crippen molar-refractivity contribution in [3.05, 3.63) is 29.8 Å². The fraction of sp³-hybridized carbons (Fsp3) is 0.652. The van der Waals surface area contributed by atoms with E-state index in [1.807, 2.05) is 24.3 Å². The molecule has 1 unspecified atom stereocenters. The highest BCUT2D eigenvalue weighted by Gasteiger charge is 2.38. The van der Waals surface area contributed by atoms with Gasteiger partial charge in [-0.15, -0.1) is 0 Å². The molecule has 0 saturated carbocycles. The van der Waals surface area contributed by atoms with Crippen molar-refractivity contribution < 1.29 is 14.0 Å². The quantitative estimate of drug-likeness (QED) is 0.737. The van der Waals surface area contributed by atoms with E-state index in [0.717, 1.165) is 37.2 Å². The predicted molar refractivity (Wildman–Crippen MR) is 115 cm³/mol. The van der Waals surface area contributed by atoms with E-state index in [9.17, 15) is 9.59 Å². The van der Waals surface area contributed by atoms with Crippen LogP contribution in [-0.4, -0.2) is 60.6 Å². The summed E-state index contributed by atoms with van der Waals surface area (Å²) in [5.41, 5.74) is 6.94. The zero-order valence-corrected chi connectivity index (χ0v) is 17.8. The van der Waals surface area contributed by atoms with E-state index in [0.29, 0.717) is 45.3 Å². The van der Waals surface area contributed by atoms with E-state index in [2.05, 4.69) is 22.0 Å². The molecule has 3 aliphatic heterocycles. The average Bonchev–Trinajstić information content (AvgIpc) is 2.71. The molecule has 7 heteroatoms. The van der Waals surface area contributed by atoms with Crippen molar-refractivity contribution in [2.45, 2.75) is 62.6 Å². The number of hydrogen-bond donors (Lipinski definition) is 2. The number of nitrogens with two attached hydrogens (primary N) is 1. The summed E-state index contributed by atoms with van der Waals surface area (Å²) in [5, 5.41) is 2.41. The maximum Gasteiger partial charge on any atom is 0.234 e. The van der Waals surface area contributed by atoms with Gasteiger partial charge in [-0.3, -0.25) is 14.9 Å². The minimum atomic E-state index is -1.13. The first kappa shape index (κ1) is 21.2. The van der Waals surface area contributed by atoms with Gasteiger partial charge >= 0.3 is 0 Å². The molecule has 0 aliphatic carbocycles. The second-order valence-electron chi connectivity index (χ2n) is 9.66. The second kappa shape index (κ2) is 8.27. The van der Waals surface area contributed by atoms with E-state index >= 15 is 4.39 Å². The van der Waals surface area contributed by atoms with Crippen LogP contribution in [-0.2, 0) is 9.59 Å². The minimum absolute atomic E-state index is 0.108. The number of rotatable bonds is 4. The number of alkyl halides is 1. The van der Waals surface area contributed by atoms with Crippen LogP contribution in [0.4, 0.5) is 10.1 Å². The number of carbonyl (C=O) groups is 2. The molecule has 1 aromatic rings. The van der Waals surface area contributed by atoms with Gasteiger partial charge in [-0.1, -0.05) is 12.1 Å². The molecular weight excluding hydrogens is 383 g/mol. The van der Waals surface area contributed by atoms with Crippen LogP contribution >= 0.6 is 0 Å². The van der Waals surface area contributed by atoms with E-state index in [1.54, 1.807) is 0 Å². The van der Waals surface area contributed by atoms with Crippen LogP contribution in [0.3, 0.4) is 0 Å². The Morgan fingerprint density at radius 2 is 1.70 bits per heavy atom. The molecule has 0 aromatic heterocycles. The van der Waals surface area contributed by atoms with Gasteiger partial charge < -0.3 is 15.5 Å². The van der Waals surface area contributed by atoms with Gasteiger partial charge in [-0.05, 0) is 57.0 Å². The van der Waals surface area contributed by atoms with Gasteiger partial charge in [0, 0.05) is 50.1 Å². The van der Waals surface area contributed by atoms with Crippen molar-refractivity contribution in [2.75, 3.05) is 37.6 Å². The molecule has 164 valence electrons. The number of anilines is 1. The highest BCUT2D eigenvalue weighted by molar-refractivity contribution is 6.00. The number of carbonyl (C=O) groups excluding carboxylic acids is 2. The molecule has 3 N–H and O–H groups in total. The Labute approximate surface area is 178 Å².